The summed E-state index contributed by atoms with van der Waals surface area (Å²) in [4.78, 5) is 23.7. The topological polar surface area (TPSA) is 83.6 Å². The smallest absolute Gasteiger partial charge is 0.418 e. The zero-order valence-electron chi connectivity index (χ0n) is 11.8. The van der Waals surface area contributed by atoms with Gasteiger partial charge in [0.1, 0.15) is 0 Å². The predicted octanol–water partition coefficient (Wildman–Crippen LogP) is 4.38. The Kier molecular flexibility index (Phi) is 4.83. The average Bonchev–Trinajstić information content (AvgIpc) is 2.48. The Morgan fingerprint density at radius 2 is 1.71 bits per heavy atom. The number of benzene rings is 2. The van der Waals surface area contributed by atoms with Crippen molar-refractivity contribution in [3.8, 4) is 0 Å². The number of halogens is 4. The summed E-state index contributed by atoms with van der Waals surface area (Å²) in [5, 5.41) is 9.28. The number of aromatic carboxylic acids is 1. The normalized spacial score (nSPS) is 11.2. The quantitative estimate of drug-likeness (QED) is 0.798. The van der Waals surface area contributed by atoms with Crippen LogP contribution in [0.25, 0.3) is 0 Å². The van der Waals surface area contributed by atoms with Gasteiger partial charge in [-0.3, -0.25) is 4.90 Å². The standard InChI is InChI=1S/C15H10BrF3N2O3/c16-8-5-6-11(9(7-8)13(22)23)21(14(20)24)12-4-2-1-3-10(12)15(17,18)19/h1-7H,(H2,20,24)(H,22,23). The van der Waals surface area contributed by atoms with Gasteiger partial charge in [0, 0.05) is 4.47 Å². The summed E-state index contributed by atoms with van der Waals surface area (Å²) in [6.45, 7) is 0. The molecule has 0 saturated heterocycles. The molecule has 9 heteroatoms. The highest BCUT2D eigenvalue weighted by Gasteiger charge is 2.36. The molecule has 2 rings (SSSR count). The molecule has 0 atom stereocenters. The molecule has 0 aliphatic carbocycles. The molecule has 0 fully saturated rings. The summed E-state index contributed by atoms with van der Waals surface area (Å²) in [6, 6.07) is 6.80. The van der Waals surface area contributed by atoms with Crippen molar-refractivity contribution in [2.45, 2.75) is 6.18 Å². The van der Waals surface area contributed by atoms with Crippen molar-refractivity contribution in [2.75, 3.05) is 4.90 Å². The Labute approximate surface area is 142 Å². The summed E-state index contributed by atoms with van der Waals surface area (Å²) >= 11 is 3.08. The fourth-order valence-corrected chi connectivity index (χ4v) is 2.51. The van der Waals surface area contributed by atoms with Gasteiger partial charge in [-0.15, -0.1) is 0 Å². The summed E-state index contributed by atoms with van der Waals surface area (Å²) in [5.74, 6) is -1.41. The largest absolute Gasteiger partial charge is 0.478 e. The molecule has 0 radical (unpaired) electrons. The molecular formula is C15H10BrF3N2O3. The molecule has 2 aromatic carbocycles. The van der Waals surface area contributed by atoms with Crippen LogP contribution in [0.4, 0.5) is 29.3 Å². The number of carbonyl (C=O) groups excluding carboxylic acids is 1. The van der Waals surface area contributed by atoms with Gasteiger partial charge in [0.2, 0.25) is 0 Å². The van der Waals surface area contributed by atoms with Crippen molar-refractivity contribution in [3.63, 3.8) is 0 Å². The van der Waals surface area contributed by atoms with Crippen LogP contribution >= 0.6 is 15.9 Å². The SMILES string of the molecule is NC(=O)N(c1ccc(Br)cc1C(=O)O)c1ccccc1C(F)(F)F. The number of alkyl halides is 3. The zero-order chi connectivity index (χ0) is 18.1. The van der Waals surface area contributed by atoms with Crippen LogP contribution in [0.15, 0.2) is 46.9 Å². The van der Waals surface area contributed by atoms with Gasteiger partial charge in [-0.1, -0.05) is 28.1 Å². The highest BCUT2D eigenvalue weighted by Crippen LogP contribution is 2.40. The van der Waals surface area contributed by atoms with Crippen molar-refractivity contribution in [1.82, 2.24) is 0 Å². The second-order valence-electron chi connectivity index (χ2n) is 4.66. The second kappa shape index (κ2) is 6.52. The van der Waals surface area contributed by atoms with Gasteiger partial charge in [-0.25, -0.2) is 9.59 Å². The summed E-state index contributed by atoms with van der Waals surface area (Å²) in [6.07, 6.45) is -4.75. The molecule has 5 nitrogen and oxygen atoms in total. The molecule has 0 saturated carbocycles. The van der Waals surface area contributed by atoms with E-state index >= 15 is 0 Å². The third kappa shape index (κ3) is 3.51. The summed E-state index contributed by atoms with van der Waals surface area (Å²) < 4.78 is 40.0. The van der Waals surface area contributed by atoms with Crippen molar-refractivity contribution >= 4 is 39.3 Å². The molecule has 0 unspecified atom stereocenters. The Bertz CT molecular complexity index is 809. The Balaban J connectivity index is 2.75. The van der Waals surface area contributed by atoms with E-state index in [1.807, 2.05) is 0 Å². The molecule has 24 heavy (non-hydrogen) atoms. The number of nitrogens with two attached hydrogens (primary N) is 1. The fourth-order valence-electron chi connectivity index (χ4n) is 2.15. The van der Waals surface area contributed by atoms with Crippen LogP contribution in [0.5, 0.6) is 0 Å². The maximum Gasteiger partial charge on any atom is 0.418 e. The number of carboxylic acid groups (broad SMARTS) is 1. The Morgan fingerprint density at radius 3 is 2.25 bits per heavy atom. The van der Waals surface area contributed by atoms with E-state index in [9.17, 15) is 27.9 Å². The monoisotopic (exact) mass is 402 g/mol. The highest BCUT2D eigenvalue weighted by atomic mass is 79.9. The Morgan fingerprint density at radius 1 is 1.08 bits per heavy atom. The van der Waals surface area contributed by atoms with E-state index in [1.54, 1.807) is 0 Å². The van der Waals surface area contributed by atoms with E-state index in [4.69, 9.17) is 5.73 Å². The van der Waals surface area contributed by atoms with E-state index in [-0.39, 0.29) is 11.3 Å². The summed E-state index contributed by atoms with van der Waals surface area (Å²) in [7, 11) is 0. The van der Waals surface area contributed by atoms with Crippen LogP contribution in [0.1, 0.15) is 15.9 Å². The number of urea groups is 1. The number of nitrogens with zero attached hydrogens (tertiary/aromatic N) is 1. The lowest BCUT2D eigenvalue weighted by Gasteiger charge is -2.25. The first-order valence-corrected chi connectivity index (χ1v) is 7.21. The molecular weight excluding hydrogens is 393 g/mol. The minimum atomic E-state index is -4.75. The van der Waals surface area contributed by atoms with Gasteiger partial charge in [-0.2, -0.15) is 13.2 Å². The molecule has 0 bridgehead atoms. The first-order valence-electron chi connectivity index (χ1n) is 6.41. The lowest BCUT2D eigenvalue weighted by molar-refractivity contribution is -0.137. The van der Waals surface area contributed by atoms with Gasteiger partial charge in [0.15, 0.2) is 0 Å². The molecule has 3 N–H and O–H groups in total. The van der Waals surface area contributed by atoms with Gasteiger partial charge >= 0.3 is 18.2 Å². The van der Waals surface area contributed by atoms with Crippen LogP contribution in [-0.2, 0) is 6.18 Å². The number of para-hydroxylation sites is 1. The number of primary amides is 1. The zero-order valence-corrected chi connectivity index (χ0v) is 13.4. The fraction of sp³-hybridized carbons (Fsp3) is 0.0667. The van der Waals surface area contributed by atoms with Crippen LogP contribution in [0, 0.1) is 0 Å². The third-order valence-corrected chi connectivity index (χ3v) is 3.59. The number of amides is 2. The van der Waals surface area contributed by atoms with Crippen molar-refractivity contribution in [1.29, 1.82) is 0 Å². The molecule has 2 amide bonds. The number of anilines is 2. The number of carboxylic acids is 1. The number of rotatable bonds is 3. The van der Waals surface area contributed by atoms with E-state index in [2.05, 4.69) is 15.9 Å². The number of carbonyl (C=O) groups is 2. The molecule has 126 valence electrons. The first-order chi connectivity index (χ1) is 11.1. The van der Waals surface area contributed by atoms with Crippen molar-refractivity contribution in [2.24, 2.45) is 5.73 Å². The average molecular weight is 403 g/mol. The minimum Gasteiger partial charge on any atom is -0.478 e. The molecule has 0 aliphatic heterocycles. The van der Waals surface area contributed by atoms with Crippen molar-refractivity contribution in [3.05, 3.63) is 58.1 Å². The molecule has 2 aromatic rings. The van der Waals surface area contributed by atoms with Gasteiger partial charge in [0.05, 0.1) is 22.5 Å². The number of hydrogen-bond donors (Lipinski definition) is 2. The van der Waals surface area contributed by atoms with Gasteiger partial charge in [0.25, 0.3) is 0 Å². The molecule has 0 heterocycles. The van der Waals surface area contributed by atoms with Crippen LogP contribution in [-0.4, -0.2) is 17.1 Å². The minimum absolute atomic E-state index is 0.269. The van der Waals surface area contributed by atoms with E-state index in [1.165, 1.54) is 24.3 Å². The second-order valence-corrected chi connectivity index (χ2v) is 5.57. The van der Waals surface area contributed by atoms with Crippen LogP contribution in [0.3, 0.4) is 0 Å². The highest BCUT2D eigenvalue weighted by molar-refractivity contribution is 9.10. The van der Waals surface area contributed by atoms with Crippen LogP contribution in [0.2, 0.25) is 0 Å². The van der Waals surface area contributed by atoms with Gasteiger partial charge in [-0.05, 0) is 30.3 Å². The van der Waals surface area contributed by atoms with Crippen molar-refractivity contribution < 1.29 is 27.9 Å². The molecule has 0 aliphatic rings. The number of hydrogen-bond acceptors (Lipinski definition) is 2. The molecule has 0 aromatic heterocycles. The van der Waals surface area contributed by atoms with Crippen LogP contribution < -0.4 is 10.6 Å². The van der Waals surface area contributed by atoms with E-state index in [0.29, 0.717) is 9.37 Å². The van der Waals surface area contributed by atoms with Gasteiger partial charge < -0.3 is 10.8 Å². The van der Waals surface area contributed by atoms with E-state index < -0.39 is 29.4 Å². The van der Waals surface area contributed by atoms with E-state index in [0.717, 1.165) is 18.2 Å². The first kappa shape index (κ1) is 17.8. The maximum atomic E-state index is 13.2. The lowest BCUT2D eigenvalue weighted by Crippen LogP contribution is -2.34. The maximum absolute atomic E-state index is 13.2. The lowest BCUT2D eigenvalue weighted by atomic mass is 10.1. The Hall–Kier alpha value is -2.55. The molecule has 0 spiro atoms. The predicted molar refractivity (Wildman–Crippen MR) is 84.3 cm³/mol. The summed E-state index contributed by atoms with van der Waals surface area (Å²) in [5.41, 5.74) is 2.93. The third-order valence-electron chi connectivity index (χ3n) is 3.10.